The number of amides is 1. The van der Waals surface area contributed by atoms with Crippen molar-refractivity contribution in [3.05, 3.63) is 29.8 Å². The summed E-state index contributed by atoms with van der Waals surface area (Å²) in [6.07, 6.45) is 1.07. The normalized spacial score (nSPS) is 29.8. The third-order valence-electron chi connectivity index (χ3n) is 3.70. The van der Waals surface area contributed by atoms with Gasteiger partial charge >= 0.3 is 0 Å². The van der Waals surface area contributed by atoms with Crippen LogP contribution in [0.3, 0.4) is 0 Å². The van der Waals surface area contributed by atoms with E-state index in [2.05, 4.69) is 22.8 Å². The van der Waals surface area contributed by atoms with Crippen LogP contribution >= 0.6 is 11.8 Å². The Hall–Kier alpha value is -1.04. The van der Waals surface area contributed by atoms with Gasteiger partial charge in [0, 0.05) is 17.2 Å². The van der Waals surface area contributed by atoms with Crippen molar-refractivity contribution in [2.45, 2.75) is 35.9 Å². The molecule has 2 aliphatic heterocycles. The first-order valence-corrected chi connectivity index (χ1v) is 7.66. The average Bonchev–Trinajstić information content (AvgIpc) is 2.86. The Morgan fingerprint density at radius 3 is 3.05 bits per heavy atom. The molecule has 1 aromatic carbocycles. The van der Waals surface area contributed by atoms with E-state index in [-0.39, 0.29) is 18.0 Å². The number of carbonyl (C=O) groups excluding carboxylic acids is 1. The van der Waals surface area contributed by atoms with Gasteiger partial charge in [-0.05, 0) is 24.5 Å². The maximum absolute atomic E-state index is 12.2. The summed E-state index contributed by atoms with van der Waals surface area (Å²) in [4.78, 5) is 13.4. The molecule has 3 rings (SSSR count). The standard InChI is InChI=1S/C14H18N2O2S/c17-9-7-12(15-8-9)14(18)16-11-5-6-19-13-4-2-1-3-10(11)13/h1-4,9,11-12,15,17H,5-8H2,(H,16,18)/t9-,11-,12+/m1/s1. The van der Waals surface area contributed by atoms with Crippen molar-refractivity contribution < 1.29 is 9.90 Å². The quantitative estimate of drug-likeness (QED) is 0.757. The van der Waals surface area contributed by atoms with Crippen LogP contribution in [-0.2, 0) is 4.79 Å². The smallest absolute Gasteiger partial charge is 0.237 e. The van der Waals surface area contributed by atoms with E-state index in [0.717, 1.165) is 12.2 Å². The number of hydrogen-bond acceptors (Lipinski definition) is 4. The maximum Gasteiger partial charge on any atom is 0.237 e. The summed E-state index contributed by atoms with van der Waals surface area (Å²) in [6.45, 7) is 0.509. The Morgan fingerprint density at radius 1 is 1.42 bits per heavy atom. The number of rotatable bonds is 2. The summed E-state index contributed by atoms with van der Waals surface area (Å²) < 4.78 is 0. The fourth-order valence-electron chi connectivity index (χ4n) is 2.68. The molecule has 0 unspecified atom stereocenters. The van der Waals surface area contributed by atoms with Gasteiger partial charge in [0.25, 0.3) is 0 Å². The first-order chi connectivity index (χ1) is 9.24. The van der Waals surface area contributed by atoms with Gasteiger partial charge in [0.05, 0.1) is 18.2 Å². The lowest BCUT2D eigenvalue weighted by atomic mass is 10.0. The largest absolute Gasteiger partial charge is 0.392 e. The number of β-amino-alcohol motifs (C(OH)–C–C–N with tert-alkyl or cyclic N) is 1. The van der Waals surface area contributed by atoms with Crippen molar-refractivity contribution in [2.75, 3.05) is 12.3 Å². The zero-order chi connectivity index (χ0) is 13.2. The van der Waals surface area contributed by atoms with Gasteiger partial charge in [-0.2, -0.15) is 0 Å². The van der Waals surface area contributed by atoms with Gasteiger partial charge < -0.3 is 15.7 Å². The van der Waals surface area contributed by atoms with Gasteiger partial charge in [-0.1, -0.05) is 18.2 Å². The monoisotopic (exact) mass is 278 g/mol. The van der Waals surface area contributed by atoms with Crippen molar-refractivity contribution in [3.63, 3.8) is 0 Å². The van der Waals surface area contributed by atoms with E-state index in [4.69, 9.17) is 0 Å². The number of thioether (sulfide) groups is 1. The zero-order valence-corrected chi connectivity index (χ0v) is 11.5. The second kappa shape index (κ2) is 5.53. The highest BCUT2D eigenvalue weighted by Crippen LogP contribution is 2.35. The van der Waals surface area contributed by atoms with Crippen LogP contribution in [0.5, 0.6) is 0 Å². The molecule has 1 amide bonds. The molecule has 3 N–H and O–H groups in total. The first-order valence-electron chi connectivity index (χ1n) is 6.67. The average molecular weight is 278 g/mol. The SMILES string of the molecule is O=C(N[C@@H]1CCSc2ccccc21)[C@@H]1C[C@@H](O)CN1. The number of fused-ring (bicyclic) bond motifs is 1. The number of carbonyl (C=O) groups is 1. The highest BCUT2D eigenvalue weighted by atomic mass is 32.2. The Labute approximate surface area is 117 Å². The van der Waals surface area contributed by atoms with Crippen LogP contribution in [0.4, 0.5) is 0 Å². The highest BCUT2D eigenvalue weighted by Gasteiger charge is 2.30. The van der Waals surface area contributed by atoms with Crippen LogP contribution in [0.2, 0.25) is 0 Å². The van der Waals surface area contributed by atoms with Gasteiger partial charge in [-0.15, -0.1) is 11.8 Å². The molecule has 0 saturated carbocycles. The predicted octanol–water partition coefficient (Wildman–Crippen LogP) is 1.06. The van der Waals surface area contributed by atoms with E-state index in [1.165, 1.54) is 10.5 Å². The maximum atomic E-state index is 12.2. The second-order valence-electron chi connectivity index (χ2n) is 5.09. The van der Waals surface area contributed by atoms with Gasteiger partial charge in [-0.25, -0.2) is 0 Å². The van der Waals surface area contributed by atoms with Crippen molar-refractivity contribution >= 4 is 17.7 Å². The lowest BCUT2D eigenvalue weighted by Gasteiger charge is -2.27. The zero-order valence-electron chi connectivity index (χ0n) is 10.6. The number of aliphatic hydroxyl groups excluding tert-OH is 1. The topological polar surface area (TPSA) is 61.4 Å². The van der Waals surface area contributed by atoms with E-state index in [1.54, 1.807) is 0 Å². The number of aliphatic hydroxyl groups is 1. The Bertz CT molecular complexity index is 480. The molecule has 0 bridgehead atoms. The lowest BCUT2D eigenvalue weighted by molar-refractivity contribution is -0.123. The summed E-state index contributed by atoms with van der Waals surface area (Å²) in [7, 11) is 0. The summed E-state index contributed by atoms with van der Waals surface area (Å²) in [5.41, 5.74) is 1.21. The minimum atomic E-state index is -0.398. The Balaban J connectivity index is 1.69. The van der Waals surface area contributed by atoms with Crippen LogP contribution in [0.1, 0.15) is 24.4 Å². The van der Waals surface area contributed by atoms with Crippen molar-refractivity contribution in [2.24, 2.45) is 0 Å². The van der Waals surface area contributed by atoms with Crippen LogP contribution in [0.15, 0.2) is 29.2 Å². The second-order valence-corrected chi connectivity index (χ2v) is 6.22. The van der Waals surface area contributed by atoms with Crippen molar-refractivity contribution in [1.29, 1.82) is 0 Å². The van der Waals surface area contributed by atoms with Crippen LogP contribution in [0, 0.1) is 0 Å². The molecule has 1 saturated heterocycles. The third kappa shape index (κ3) is 2.78. The van der Waals surface area contributed by atoms with E-state index < -0.39 is 6.10 Å². The molecule has 0 aliphatic carbocycles. The minimum Gasteiger partial charge on any atom is -0.392 e. The molecule has 1 aromatic rings. The molecular formula is C14H18N2O2S. The van der Waals surface area contributed by atoms with Crippen molar-refractivity contribution in [1.82, 2.24) is 10.6 Å². The Morgan fingerprint density at radius 2 is 2.26 bits per heavy atom. The molecule has 19 heavy (non-hydrogen) atoms. The number of nitrogens with one attached hydrogen (secondary N) is 2. The molecule has 102 valence electrons. The summed E-state index contributed by atoms with van der Waals surface area (Å²) in [5, 5.41) is 15.6. The third-order valence-corrected chi connectivity index (χ3v) is 4.82. The van der Waals surface area contributed by atoms with E-state index >= 15 is 0 Å². The number of hydrogen-bond donors (Lipinski definition) is 3. The highest BCUT2D eigenvalue weighted by molar-refractivity contribution is 7.99. The first kappa shape index (κ1) is 13.0. The van der Waals surface area contributed by atoms with Gasteiger partial charge in [0.1, 0.15) is 0 Å². The van der Waals surface area contributed by atoms with Gasteiger partial charge in [-0.3, -0.25) is 4.79 Å². The van der Waals surface area contributed by atoms with Gasteiger partial charge in [0.15, 0.2) is 0 Å². The lowest BCUT2D eigenvalue weighted by Crippen LogP contribution is -2.42. The minimum absolute atomic E-state index is 0.00301. The molecule has 3 atom stereocenters. The predicted molar refractivity (Wildman–Crippen MR) is 75.1 cm³/mol. The van der Waals surface area contributed by atoms with Crippen LogP contribution in [-0.4, -0.2) is 35.5 Å². The van der Waals surface area contributed by atoms with E-state index in [9.17, 15) is 9.90 Å². The van der Waals surface area contributed by atoms with Crippen LogP contribution in [0.25, 0.3) is 0 Å². The Kier molecular flexibility index (Phi) is 3.77. The molecule has 2 heterocycles. The molecule has 0 radical (unpaired) electrons. The molecule has 0 aromatic heterocycles. The fourth-order valence-corrected chi connectivity index (χ4v) is 3.81. The fraction of sp³-hybridized carbons (Fsp3) is 0.500. The summed E-state index contributed by atoms with van der Waals surface area (Å²) in [5.74, 6) is 1.03. The summed E-state index contributed by atoms with van der Waals surface area (Å²) in [6, 6.07) is 8.09. The summed E-state index contributed by atoms with van der Waals surface area (Å²) >= 11 is 1.85. The molecule has 2 aliphatic rings. The van der Waals surface area contributed by atoms with Crippen LogP contribution < -0.4 is 10.6 Å². The molecule has 0 spiro atoms. The molecular weight excluding hydrogens is 260 g/mol. The number of benzene rings is 1. The van der Waals surface area contributed by atoms with E-state index in [1.807, 2.05) is 23.9 Å². The van der Waals surface area contributed by atoms with Gasteiger partial charge in [0.2, 0.25) is 5.91 Å². The van der Waals surface area contributed by atoms with E-state index in [0.29, 0.717) is 13.0 Å². The van der Waals surface area contributed by atoms with Crippen molar-refractivity contribution in [3.8, 4) is 0 Å². The molecule has 4 nitrogen and oxygen atoms in total. The molecule has 5 heteroatoms. The molecule has 1 fully saturated rings.